The summed E-state index contributed by atoms with van der Waals surface area (Å²) in [7, 11) is -0.900. The molecule has 0 aliphatic heterocycles. The van der Waals surface area contributed by atoms with Gasteiger partial charge in [0.05, 0.1) is 10.9 Å². The zero-order valence-electron chi connectivity index (χ0n) is 25.0. The fraction of sp³-hybridized carbons (Fsp3) is 0.433. The van der Waals surface area contributed by atoms with Crippen LogP contribution in [0.3, 0.4) is 0 Å². The van der Waals surface area contributed by atoms with Crippen molar-refractivity contribution in [3.8, 4) is 5.75 Å². The minimum atomic E-state index is -4.15. The van der Waals surface area contributed by atoms with Gasteiger partial charge in [-0.2, -0.15) is 0 Å². The van der Waals surface area contributed by atoms with Crippen molar-refractivity contribution >= 4 is 27.7 Å². The Hall–Kier alpha value is -3.70. The SMILES string of the molecule is CN[C@H](C(=O)NC(C(=O)N(C)C/C=C(\C)C(=O)NS(=O)(=O)c1ccc(O)cc1)C(C)(C)C)C(C)(C)c1ccccc1. The minimum Gasteiger partial charge on any atom is -0.508 e. The number of phenolic OH excluding ortho intramolecular Hbond substituents is 1. The van der Waals surface area contributed by atoms with Crippen LogP contribution < -0.4 is 15.4 Å². The molecule has 0 aliphatic rings. The van der Waals surface area contributed by atoms with Gasteiger partial charge in [-0.3, -0.25) is 14.4 Å². The van der Waals surface area contributed by atoms with Crippen LogP contribution in [0.5, 0.6) is 5.75 Å². The smallest absolute Gasteiger partial charge is 0.264 e. The third kappa shape index (κ3) is 8.64. The predicted octanol–water partition coefficient (Wildman–Crippen LogP) is 2.70. The Bertz CT molecular complexity index is 1360. The summed E-state index contributed by atoms with van der Waals surface area (Å²) in [4.78, 5) is 40.8. The van der Waals surface area contributed by atoms with Gasteiger partial charge in [0, 0.05) is 24.6 Å². The molecule has 2 aromatic rings. The first-order valence-electron chi connectivity index (χ1n) is 13.2. The molecule has 0 aromatic heterocycles. The number of nitrogens with one attached hydrogen (secondary N) is 3. The number of nitrogens with zero attached hydrogens (tertiary/aromatic N) is 1. The van der Waals surface area contributed by atoms with Crippen LogP contribution in [-0.2, 0) is 29.8 Å². The zero-order chi connectivity index (χ0) is 31.2. The van der Waals surface area contributed by atoms with Crippen LogP contribution in [0.2, 0.25) is 0 Å². The van der Waals surface area contributed by atoms with Crippen molar-refractivity contribution in [2.24, 2.45) is 5.41 Å². The summed E-state index contributed by atoms with van der Waals surface area (Å²) in [6, 6.07) is 12.9. The van der Waals surface area contributed by atoms with E-state index in [1.807, 2.05) is 69.7 Å². The number of hydrogen-bond acceptors (Lipinski definition) is 7. The van der Waals surface area contributed by atoms with Gasteiger partial charge in [-0.1, -0.05) is 71.0 Å². The molecule has 2 aromatic carbocycles. The molecule has 0 bridgehead atoms. The molecule has 0 spiro atoms. The highest BCUT2D eigenvalue weighted by Gasteiger charge is 2.40. The maximum Gasteiger partial charge on any atom is 0.264 e. The number of carbonyl (C=O) groups excluding carboxylic acids is 3. The van der Waals surface area contributed by atoms with Crippen LogP contribution in [0.15, 0.2) is 71.1 Å². The van der Waals surface area contributed by atoms with Crippen molar-refractivity contribution in [3.05, 3.63) is 71.8 Å². The number of sulfonamides is 1. The van der Waals surface area contributed by atoms with Crippen LogP contribution in [-0.4, -0.2) is 68.9 Å². The standard InChI is InChI=1S/C30H42N4O6S/c1-20(26(36)33-41(39,40)23-16-14-22(35)15-17-23)18-19-34(8)28(38)25(29(2,3)4)32-27(37)24(31-7)30(5,6)21-12-10-9-11-13-21/h9-18,24-25,31,35H,19H2,1-8H3,(H,32,37)(H,33,36)/b20-18+/t24-,25?/m1/s1. The largest absolute Gasteiger partial charge is 0.508 e. The fourth-order valence-corrected chi connectivity index (χ4v) is 5.31. The lowest BCUT2D eigenvalue weighted by atomic mass is 9.76. The van der Waals surface area contributed by atoms with Crippen molar-refractivity contribution in [1.29, 1.82) is 0 Å². The average Bonchev–Trinajstić information content (AvgIpc) is 2.89. The van der Waals surface area contributed by atoms with E-state index >= 15 is 0 Å². The van der Waals surface area contributed by atoms with Gasteiger partial charge < -0.3 is 20.6 Å². The van der Waals surface area contributed by atoms with E-state index in [9.17, 15) is 27.9 Å². The number of phenols is 1. The van der Waals surface area contributed by atoms with Gasteiger partial charge in [0.15, 0.2) is 0 Å². The summed E-state index contributed by atoms with van der Waals surface area (Å²) < 4.78 is 27.0. The van der Waals surface area contributed by atoms with Crippen LogP contribution >= 0.6 is 0 Å². The maximum atomic E-state index is 13.5. The lowest BCUT2D eigenvalue weighted by molar-refractivity contribution is -0.139. The number of benzene rings is 2. The Labute approximate surface area is 243 Å². The molecule has 0 aliphatic carbocycles. The van der Waals surface area contributed by atoms with E-state index in [0.717, 1.165) is 5.56 Å². The Morgan fingerprint density at radius 1 is 0.951 bits per heavy atom. The predicted molar refractivity (Wildman–Crippen MR) is 159 cm³/mol. The molecule has 1 unspecified atom stereocenters. The van der Waals surface area contributed by atoms with E-state index in [1.165, 1.54) is 42.2 Å². The molecule has 0 radical (unpaired) electrons. The lowest BCUT2D eigenvalue weighted by Gasteiger charge is -2.38. The van der Waals surface area contributed by atoms with E-state index in [2.05, 4.69) is 10.6 Å². The van der Waals surface area contributed by atoms with E-state index in [4.69, 9.17) is 0 Å². The molecule has 10 nitrogen and oxygen atoms in total. The first kappa shape index (κ1) is 33.5. The first-order chi connectivity index (χ1) is 18.9. The summed E-state index contributed by atoms with van der Waals surface area (Å²) in [5.74, 6) is -1.64. The second-order valence-electron chi connectivity index (χ2n) is 11.7. The second kappa shape index (κ2) is 13.3. The highest BCUT2D eigenvalue weighted by molar-refractivity contribution is 7.90. The summed E-state index contributed by atoms with van der Waals surface area (Å²) in [6.45, 7) is 10.9. The van der Waals surface area contributed by atoms with Crippen molar-refractivity contribution < 1.29 is 27.9 Å². The molecular formula is C30H42N4O6S. The summed E-state index contributed by atoms with van der Waals surface area (Å²) in [6.07, 6.45) is 1.44. The van der Waals surface area contributed by atoms with Gasteiger partial charge in [0.1, 0.15) is 11.8 Å². The van der Waals surface area contributed by atoms with Crippen LogP contribution in [0, 0.1) is 5.41 Å². The minimum absolute atomic E-state index is 0.00472. The Morgan fingerprint density at radius 3 is 2.02 bits per heavy atom. The van der Waals surface area contributed by atoms with E-state index in [0.29, 0.717) is 0 Å². The zero-order valence-corrected chi connectivity index (χ0v) is 25.8. The van der Waals surface area contributed by atoms with Gasteiger partial charge in [-0.25, -0.2) is 13.1 Å². The summed E-state index contributed by atoms with van der Waals surface area (Å²) in [5, 5.41) is 15.4. The molecule has 11 heteroatoms. The number of rotatable bonds is 11. The fourth-order valence-electron chi connectivity index (χ4n) is 4.29. The topological polar surface area (TPSA) is 145 Å². The molecule has 0 saturated heterocycles. The van der Waals surface area contributed by atoms with Gasteiger partial charge in [-0.15, -0.1) is 0 Å². The second-order valence-corrected chi connectivity index (χ2v) is 13.3. The van der Waals surface area contributed by atoms with Crippen LogP contribution in [0.25, 0.3) is 0 Å². The lowest BCUT2D eigenvalue weighted by Crippen LogP contribution is -2.60. The van der Waals surface area contributed by atoms with E-state index < -0.39 is 38.8 Å². The maximum absolute atomic E-state index is 13.5. The van der Waals surface area contributed by atoms with Crippen molar-refractivity contribution in [1.82, 2.24) is 20.3 Å². The molecule has 41 heavy (non-hydrogen) atoms. The van der Waals surface area contributed by atoms with Crippen LogP contribution in [0.4, 0.5) is 0 Å². The highest BCUT2D eigenvalue weighted by atomic mass is 32.2. The van der Waals surface area contributed by atoms with Crippen LogP contribution in [0.1, 0.15) is 47.1 Å². The average molecular weight is 587 g/mol. The normalized spacial score (nSPS) is 14.1. The number of likely N-dealkylation sites (N-methyl/N-ethyl adjacent to an activating group) is 2. The van der Waals surface area contributed by atoms with Crippen molar-refractivity contribution in [2.45, 2.75) is 63.9 Å². The van der Waals surface area contributed by atoms with Gasteiger partial charge in [0.25, 0.3) is 15.9 Å². The third-order valence-corrected chi connectivity index (χ3v) is 8.32. The molecule has 3 amide bonds. The number of hydrogen-bond donors (Lipinski definition) is 4. The van der Waals surface area contributed by atoms with Gasteiger partial charge in [-0.05, 0) is 49.2 Å². The molecule has 0 saturated carbocycles. The first-order valence-corrected chi connectivity index (χ1v) is 14.7. The highest BCUT2D eigenvalue weighted by Crippen LogP contribution is 2.28. The Kier molecular flexibility index (Phi) is 10.9. The summed E-state index contributed by atoms with van der Waals surface area (Å²) >= 11 is 0. The van der Waals surface area contributed by atoms with E-state index in [1.54, 1.807) is 14.1 Å². The number of amides is 3. The molecule has 2 rings (SSSR count). The third-order valence-electron chi connectivity index (χ3n) is 6.97. The molecule has 0 heterocycles. The molecular weight excluding hydrogens is 544 g/mol. The molecule has 4 N–H and O–H groups in total. The van der Waals surface area contributed by atoms with Gasteiger partial charge >= 0.3 is 0 Å². The Morgan fingerprint density at radius 2 is 1.51 bits per heavy atom. The molecule has 2 atom stereocenters. The van der Waals surface area contributed by atoms with E-state index in [-0.39, 0.29) is 34.6 Å². The quantitative estimate of drug-likeness (QED) is 0.296. The Balaban J connectivity index is 2.15. The monoisotopic (exact) mass is 586 g/mol. The number of aromatic hydroxyl groups is 1. The summed E-state index contributed by atoms with van der Waals surface area (Å²) in [5.41, 5.74) is -0.157. The molecule has 224 valence electrons. The van der Waals surface area contributed by atoms with Crippen molar-refractivity contribution in [2.75, 3.05) is 20.6 Å². The van der Waals surface area contributed by atoms with Gasteiger partial charge in [0.2, 0.25) is 11.8 Å². The van der Waals surface area contributed by atoms with Crippen molar-refractivity contribution in [3.63, 3.8) is 0 Å². The molecule has 0 fully saturated rings. The number of carbonyl (C=O) groups is 3.